The van der Waals surface area contributed by atoms with Gasteiger partial charge in [-0.15, -0.1) is 11.3 Å². The quantitative estimate of drug-likeness (QED) is 0.515. The molecule has 0 atom stereocenters. The second-order valence-electron chi connectivity index (χ2n) is 6.04. The van der Waals surface area contributed by atoms with Crippen LogP contribution in [0.5, 0.6) is 17.4 Å². The molecular formula is C21H17N3O3S. The third-order valence-electron chi connectivity index (χ3n) is 4.09. The Hall–Kier alpha value is -3.45. The minimum atomic E-state index is -0.239. The Bertz CT molecular complexity index is 1140. The van der Waals surface area contributed by atoms with E-state index in [0.29, 0.717) is 28.6 Å². The van der Waals surface area contributed by atoms with E-state index in [1.807, 2.05) is 19.1 Å². The smallest absolute Gasteiger partial charge is 0.259 e. The van der Waals surface area contributed by atoms with E-state index < -0.39 is 0 Å². The summed E-state index contributed by atoms with van der Waals surface area (Å²) in [5.41, 5.74) is 1.13. The Labute approximate surface area is 165 Å². The fraction of sp³-hybridized carbons (Fsp3) is 0.0952. The highest BCUT2D eigenvalue weighted by atomic mass is 32.1. The minimum Gasteiger partial charge on any atom is -0.496 e. The van der Waals surface area contributed by atoms with Gasteiger partial charge < -0.3 is 14.8 Å². The monoisotopic (exact) mass is 391 g/mol. The highest BCUT2D eigenvalue weighted by Gasteiger charge is 2.12. The second kappa shape index (κ2) is 7.66. The molecule has 0 aliphatic rings. The van der Waals surface area contributed by atoms with E-state index in [4.69, 9.17) is 9.47 Å². The van der Waals surface area contributed by atoms with Crippen molar-refractivity contribution in [3.8, 4) is 17.4 Å². The first kappa shape index (κ1) is 17.9. The van der Waals surface area contributed by atoms with Gasteiger partial charge >= 0.3 is 0 Å². The van der Waals surface area contributed by atoms with Gasteiger partial charge in [0, 0.05) is 10.6 Å². The summed E-state index contributed by atoms with van der Waals surface area (Å²) >= 11 is 1.60. The fourth-order valence-electron chi connectivity index (χ4n) is 2.78. The van der Waals surface area contributed by atoms with Crippen LogP contribution in [0.25, 0.3) is 10.2 Å². The summed E-state index contributed by atoms with van der Waals surface area (Å²) in [6.07, 6.45) is 1.50. The first-order chi connectivity index (χ1) is 13.6. The van der Waals surface area contributed by atoms with Crippen molar-refractivity contribution in [2.75, 3.05) is 12.4 Å². The van der Waals surface area contributed by atoms with Crippen LogP contribution in [-0.2, 0) is 0 Å². The number of ether oxygens (including phenoxy) is 2. The minimum absolute atomic E-state index is 0.239. The van der Waals surface area contributed by atoms with E-state index in [1.165, 1.54) is 13.4 Å². The Morgan fingerprint density at radius 1 is 1.07 bits per heavy atom. The maximum absolute atomic E-state index is 12.5. The van der Waals surface area contributed by atoms with Gasteiger partial charge in [0.1, 0.15) is 22.7 Å². The highest BCUT2D eigenvalue weighted by Crippen LogP contribution is 2.32. The number of carbonyl (C=O) groups excluding carboxylic acids is 1. The van der Waals surface area contributed by atoms with Crippen LogP contribution in [0.3, 0.4) is 0 Å². The van der Waals surface area contributed by atoms with Gasteiger partial charge in [-0.05, 0) is 49.4 Å². The second-order valence-corrected chi connectivity index (χ2v) is 7.27. The lowest BCUT2D eigenvalue weighted by molar-refractivity contribution is 0.102. The highest BCUT2D eigenvalue weighted by molar-refractivity contribution is 7.18. The molecule has 1 amide bonds. The number of methoxy groups -OCH3 is 1. The van der Waals surface area contributed by atoms with Gasteiger partial charge in [0.15, 0.2) is 0 Å². The number of benzene rings is 2. The average molecular weight is 391 g/mol. The molecule has 0 bridgehead atoms. The van der Waals surface area contributed by atoms with Crippen molar-refractivity contribution in [2.24, 2.45) is 0 Å². The third-order valence-corrected chi connectivity index (χ3v) is 5.05. The molecule has 0 aliphatic heterocycles. The zero-order chi connectivity index (χ0) is 19.5. The van der Waals surface area contributed by atoms with E-state index in [1.54, 1.807) is 53.8 Å². The van der Waals surface area contributed by atoms with E-state index in [9.17, 15) is 4.79 Å². The maximum Gasteiger partial charge on any atom is 0.259 e. The van der Waals surface area contributed by atoms with Gasteiger partial charge in [0.25, 0.3) is 5.91 Å². The van der Waals surface area contributed by atoms with Crippen molar-refractivity contribution < 1.29 is 14.3 Å². The van der Waals surface area contributed by atoms with E-state index >= 15 is 0 Å². The molecule has 4 aromatic rings. The first-order valence-corrected chi connectivity index (χ1v) is 9.39. The molecule has 0 unspecified atom stereocenters. The number of aryl methyl sites for hydroxylation is 1. The molecule has 4 rings (SSSR count). The number of thiophene rings is 1. The Balaban J connectivity index is 1.50. The summed E-state index contributed by atoms with van der Waals surface area (Å²) in [6.45, 7) is 2.02. The molecule has 2 heterocycles. The van der Waals surface area contributed by atoms with E-state index in [0.717, 1.165) is 15.1 Å². The number of rotatable bonds is 5. The molecule has 2 aromatic carbocycles. The molecule has 7 heteroatoms. The van der Waals surface area contributed by atoms with Crippen LogP contribution in [0.4, 0.5) is 5.69 Å². The van der Waals surface area contributed by atoms with Crippen molar-refractivity contribution in [2.45, 2.75) is 6.92 Å². The number of carbonyl (C=O) groups is 1. The lowest BCUT2D eigenvalue weighted by atomic mass is 10.2. The normalized spacial score (nSPS) is 10.6. The molecule has 6 nitrogen and oxygen atoms in total. The van der Waals surface area contributed by atoms with Crippen LogP contribution < -0.4 is 14.8 Å². The summed E-state index contributed by atoms with van der Waals surface area (Å²) in [7, 11) is 1.54. The van der Waals surface area contributed by atoms with Crippen molar-refractivity contribution in [1.82, 2.24) is 9.97 Å². The topological polar surface area (TPSA) is 73.3 Å². The van der Waals surface area contributed by atoms with Gasteiger partial charge in [-0.2, -0.15) is 0 Å². The zero-order valence-corrected chi connectivity index (χ0v) is 16.1. The Morgan fingerprint density at radius 3 is 2.64 bits per heavy atom. The molecule has 1 N–H and O–H groups in total. The molecular weight excluding hydrogens is 374 g/mol. The number of amides is 1. The van der Waals surface area contributed by atoms with Gasteiger partial charge in [0.2, 0.25) is 5.88 Å². The van der Waals surface area contributed by atoms with Crippen molar-refractivity contribution >= 4 is 33.1 Å². The van der Waals surface area contributed by atoms with Gasteiger partial charge in [-0.1, -0.05) is 12.1 Å². The van der Waals surface area contributed by atoms with Crippen LogP contribution >= 0.6 is 11.3 Å². The maximum atomic E-state index is 12.5. The zero-order valence-electron chi connectivity index (χ0n) is 15.3. The van der Waals surface area contributed by atoms with Crippen molar-refractivity contribution in [3.05, 3.63) is 71.4 Å². The number of para-hydroxylation sites is 1. The molecule has 0 saturated heterocycles. The summed E-state index contributed by atoms with van der Waals surface area (Å²) < 4.78 is 11.1. The van der Waals surface area contributed by atoms with Crippen molar-refractivity contribution in [3.63, 3.8) is 0 Å². The van der Waals surface area contributed by atoms with Gasteiger partial charge in [0.05, 0.1) is 18.1 Å². The van der Waals surface area contributed by atoms with Gasteiger partial charge in [-0.25, -0.2) is 9.97 Å². The molecule has 0 spiro atoms. The summed E-state index contributed by atoms with van der Waals surface area (Å²) in [5.74, 6) is 1.43. The number of anilines is 1. The molecule has 0 aliphatic carbocycles. The largest absolute Gasteiger partial charge is 0.496 e. The summed E-state index contributed by atoms with van der Waals surface area (Å²) in [6, 6.07) is 16.2. The number of nitrogens with zero attached hydrogens (tertiary/aromatic N) is 2. The molecule has 2 aromatic heterocycles. The number of hydrogen-bond donors (Lipinski definition) is 1. The lowest BCUT2D eigenvalue weighted by Crippen LogP contribution is -2.12. The third kappa shape index (κ3) is 3.65. The summed E-state index contributed by atoms with van der Waals surface area (Å²) in [5, 5.41) is 3.75. The van der Waals surface area contributed by atoms with Crippen LogP contribution in [0.15, 0.2) is 60.9 Å². The van der Waals surface area contributed by atoms with Crippen LogP contribution in [0.1, 0.15) is 15.2 Å². The number of fused-ring (bicyclic) bond motifs is 1. The molecule has 0 radical (unpaired) electrons. The van der Waals surface area contributed by atoms with Crippen LogP contribution in [0, 0.1) is 6.92 Å². The first-order valence-electron chi connectivity index (χ1n) is 8.57. The predicted octanol–water partition coefficient (Wildman–Crippen LogP) is 5.05. The van der Waals surface area contributed by atoms with E-state index in [2.05, 4.69) is 15.3 Å². The molecule has 0 fully saturated rings. The van der Waals surface area contributed by atoms with Crippen molar-refractivity contribution in [1.29, 1.82) is 0 Å². The van der Waals surface area contributed by atoms with Crippen LogP contribution in [-0.4, -0.2) is 23.0 Å². The number of nitrogens with one attached hydrogen (secondary N) is 1. The van der Waals surface area contributed by atoms with Gasteiger partial charge in [-0.3, -0.25) is 4.79 Å². The lowest BCUT2D eigenvalue weighted by Gasteiger charge is -2.10. The standard InChI is InChI=1S/C21H17N3O3S/c1-13-11-17-20(22-12-23-21(17)28-13)27-15-9-7-14(8-10-15)24-19(25)16-5-3-4-6-18(16)26-2/h3-12H,1-2H3,(H,24,25). The number of hydrogen-bond acceptors (Lipinski definition) is 6. The molecule has 140 valence electrons. The van der Waals surface area contributed by atoms with E-state index in [-0.39, 0.29) is 5.91 Å². The van der Waals surface area contributed by atoms with Crippen LogP contribution in [0.2, 0.25) is 0 Å². The fourth-order valence-corrected chi connectivity index (χ4v) is 3.62. The summed E-state index contributed by atoms with van der Waals surface area (Å²) in [4.78, 5) is 23.0. The predicted molar refractivity (Wildman–Crippen MR) is 110 cm³/mol. The number of aromatic nitrogens is 2. The Morgan fingerprint density at radius 2 is 1.86 bits per heavy atom. The SMILES string of the molecule is COc1ccccc1C(=O)Nc1ccc(Oc2ncnc3sc(C)cc23)cc1. The Kier molecular flexibility index (Phi) is 4.90. The average Bonchev–Trinajstić information content (AvgIpc) is 3.10. The molecule has 0 saturated carbocycles. The molecule has 28 heavy (non-hydrogen) atoms.